The van der Waals surface area contributed by atoms with E-state index in [-0.39, 0.29) is 18.2 Å². The minimum Gasteiger partial charge on any atom is -0.358 e. The molecular formula is C6H9ClN6O2S. The second-order valence-electron chi connectivity index (χ2n) is 2.84. The Bertz CT molecular complexity index is 446. The molecule has 3 N–H and O–H groups in total. The van der Waals surface area contributed by atoms with Crippen molar-refractivity contribution in [2.75, 3.05) is 0 Å². The van der Waals surface area contributed by atoms with Gasteiger partial charge in [-0.1, -0.05) is 0 Å². The lowest BCUT2D eigenvalue weighted by molar-refractivity contribution is -0.391. The standard InChI is InChI=1S/C6H8N6O2S.ClH/c1-10-5(12(13)14)2-8-6(10)4-3-15-9-11(4)7;/h2-3,9H,7H2,1H3;1H. The predicted molar refractivity (Wildman–Crippen MR) is 61.8 cm³/mol. The third-order valence-electron chi connectivity index (χ3n) is 1.96. The van der Waals surface area contributed by atoms with Gasteiger partial charge in [-0.25, -0.2) is 20.5 Å². The number of imidazole rings is 1. The fourth-order valence-corrected chi connectivity index (χ4v) is 1.81. The van der Waals surface area contributed by atoms with Crippen LogP contribution in [0.1, 0.15) is 5.82 Å². The van der Waals surface area contributed by atoms with Gasteiger partial charge in [0.15, 0.2) is 0 Å². The van der Waals surface area contributed by atoms with E-state index in [9.17, 15) is 10.1 Å². The minimum absolute atomic E-state index is 0. The number of nitrogens with two attached hydrogens (primary N) is 1. The predicted octanol–water partition coefficient (Wildman–Crippen LogP) is 0.391. The second kappa shape index (κ2) is 4.70. The van der Waals surface area contributed by atoms with Crippen molar-refractivity contribution in [3.05, 3.63) is 27.5 Å². The van der Waals surface area contributed by atoms with Crippen LogP contribution in [0.2, 0.25) is 0 Å². The van der Waals surface area contributed by atoms with Crippen molar-refractivity contribution in [1.82, 2.24) is 19.5 Å². The molecule has 0 unspecified atom stereocenters. The summed E-state index contributed by atoms with van der Waals surface area (Å²) >= 11 is 1.28. The van der Waals surface area contributed by atoms with Crippen LogP contribution in [0.5, 0.6) is 0 Å². The molecule has 0 atom stereocenters. The molecule has 0 radical (unpaired) electrons. The SMILES string of the molecule is Cl.Cn1c([N+](=O)[O-])cnc1C1=CSNN1N. The first kappa shape index (κ1) is 12.8. The van der Waals surface area contributed by atoms with Gasteiger partial charge in [-0.2, -0.15) is 4.83 Å². The Morgan fingerprint density at radius 2 is 2.38 bits per heavy atom. The van der Waals surface area contributed by atoms with Crippen molar-refractivity contribution in [2.24, 2.45) is 12.9 Å². The molecule has 1 aliphatic heterocycles. The Balaban J connectivity index is 0.00000128. The molecule has 0 saturated heterocycles. The molecule has 0 bridgehead atoms. The Kier molecular flexibility index (Phi) is 3.75. The number of nitro groups is 1. The summed E-state index contributed by atoms with van der Waals surface area (Å²) in [6.07, 6.45) is 1.20. The van der Waals surface area contributed by atoms with Gasteiger partial charge < -0.3 is 10.1 Å². The number of halogens is 1. The highest BCUT2D eigenvalue weighted by atomic mass is 35.5. The monoisotopic (exact) mass is 264 g/mol. The maximum atomic E-state index is 10.6. The molecule has 0 saturated carbocycles. The van der Waals surface area contributed by atoms with E-state index in [1.807, 2.05) is 0 Å². The van der Waals surface area contributed by atoms with E-state index in [4.69, 9.17) is 5.84 Å². The summed E-state index contributed by atoms with van der Waals surface area (Å²) < 4.78 is 1.37. The van der Waals surface area contributed by atoms with Gasteiger partial charge in [0, 0.05) is 5.41 Å². The summed E-state index contributed by atoms with van der Waals surface area (Å²) in [7, 11) is 1.57. The lowest BCUT2D eigenvalue weighted by Crippen LogP contribution is -2.35. The molecule has 1 aromatic rings. The molecule has 2 rings (SSSR count). The highest BCUT2D eigenvalue weighted by Gasteiger charge is 2.25. The molecule has 0 spiro atoms. The Hall–Kier alpha value is -1.29. The second-order valence-corrected chi connectivity index (χ2v) is 3.49. The first-order valence-corrected chi connectivity index (χ1v) is 4.82. The Morgan fingerprint density at radius 1 is 1.69 bits per heavy atom. The van der Waals surface area contributed by atoms with E-state index in [1.165, 1.54) is 27.8 Å². The van der Waals surface area contributed by atoms with Crippen LogP contribution in [0.4, 0.5) is 5.82 Å². The number of hydrogen-bond donors (Lipinski definition) is 2. The number of nitrogens with one attached hydrogen (secondary N) is 1. The van der Waals surface area contributed by atoms with Crippen LogP contribution in [0.3, 0.4) is 0 Å². The van der Waals surface area contributed by atoms with Crippen LogP contribution in [-0.2, 0) is 7.05 Å². The summed E-state index contributed by atoms with van der Waals surface area (Å²) in [5.74, 6) is 5.95. The molecule has 8 nitrogen and oxygen atoms in total. The van der Waals surface area contributed by atoms with E-state index in [2.05, 4.69) is 9.82 Å². The molecule has 2 heterocycles. The summed E-state index contributed by atoms with van der Waals surface area (Å²) in [4.78, 5) is 16.8. The zero-order chi connectivity index (χ0) is 11.0. The van der Waals surface area contributed by atoms with Crippen LogP contribution in [-0.4, -0.2) is 19.6 Å². The van der Waals surface area contributed by atoms with Gasteiger partial charge in [0.05, 0.1) is 7.05 Å². The molecule has 1 aromatic heterocycles. The van der Waals surface area contributed by atoms with E-state index < -0.39 is 4.92 Å². The quantitative estimate of drug-likeness (QED) is 0.345. The zero-order valence-electron chi connectivity index (χ0n) is 8.15. The summed E-state index contributed by atoms with van der Waals surface area (Å²) in [6, 6.07) is 0. The van der Waals surface area contributed by atoms with E-state index in [0.29, 0.717) is 11.5 Å². The highest BCUT2D eigenvalue weighted by molar-refractivity contribution is 8.00. The normalized spacial score (nSPS) is 14.6. The molecule has 10 heteroatoms. The fourth-order valence-electron chi connectivity index (χ4n) is 1.21. The van der Waals surface area contributed by atoms with Gasteiger partial charge in [0.2, 0.25) is 5.82 Å². The molecular weight excluding hydrogens is 256 g/mol. The summed E-state index contributed by atoms with van der Waals surface area (Å²) in [6.45, 7) is 0. The van der Waals surface area contributed by atoms with Crippen molar-refractivity contribution in [3.8, 4) is 0 Å². The first-order valence-electron chi connectivity index (χ1n) is 3.94. The fraction of sp³-hybridized carbons (Fsp3) is 0.167. The lowest BCUT2D eigenvalue weighted by Gasteiger charge is -2.11. The molecule has 0 aliphatic carbocycles. The van der Waals surface area contributed by atoms with Crippen molar-refractivity contribution >= 4 is 35.9 Å². The van der Waals surface area contributed by atoms with Crippen LogP contribution >= 0.6 is 24.4 Å². The van der Waals surface area contributed by atoms with Crippen LogP contribution < -0.4 is 10.7 Å². The molecule has 1 aliphatic rings. The average Bonchev–Trinajstić information content (AvgIpc) is 2.71. The van der Waals surface area contributed by atoms with Crippen LogP contribution in [0.25, 0.3) is 5.70 Å². The molecule has 0 amide bonds. The minimum atomic E-state index is -0.493. The van der Waals surface area contributed by atoms with Crippen molar-refractivity contribution in [2.45, 2.75) is 0 Å². The zero-order valence-corrected chi connectivity index (χ0v) is 9.79. The number of nitrogens with zero attached hydrogens (tertiary/aromatic N) is 4. The third kappa shape index (κ3) is 1.97. The highest BCUT2D eigenvalue weighted by Crippen LogP contribution is 2.25. The number of hydrazine groups is 2. The molecule has 0 fully saturated rings. The van der Waals surface area contributed by atoms with Gasteiger partial charge in [-0.3, -0.25) is 0 Å². The molecule has 88 valence electrons. The Morgan fingerprint density at radius 3 is 2.81 bits per heavy atom. The first-order chi connectivity index (χ1) is 7.11. The van der Waals surface area contributed by atoms with Gasteiger partial charge in [-0.05, 0) is 16.9 Å². The van der Waals surface area contributed by atoms with Crippen molar-refractivity contribution in [1.29, 1.82) is 0 Å². The van der Waals surface area contributed by atoms with Crippen LogP contribution in [0, 0.1) is 10.1 Å². The largest absolute Gasteiger partial charge is 0.358 e. The van der Waals surface area contributed by atoms with Crippen LogP contribution in [0.15, 0.2) is 11.6 Å². The number of hydrogen-bond acceptors (Lipinski definition) is 7. The van der Waals surface area contributed by atoms with E-state index in [0.717, 1.165) is 0 Å². The average molecular weight is 265 g/mol. The van der Waals surface area contributed by atoms with E-state index >= 15 is 0 Å². The van der Waals surface area contributed by atoms with Crippen molar-refractivity contribution in [3.63, 3.8) is 0 Å². The molecule has 16 heavy (non-hydrogen) atoms. The smallest absolute Gasteiger partial charge is 0.342 e. The number of rotatable bonds is 2. The van der Waals surface area contributed by atoms with Gasteiger partial charge in [0.1, 0.15) is 11.9 Å². The topological polar surface area (TPSA) is 102 Å². The Labute approximate surface area is 101 Å². The maximum Gasteiger partial charge on any atom is 0.342 e. The van der Waals surface area contributed by atoms with E-state index in [1.54, 1.807) is 12.5 Å². The third-order valence-corrected chi connectivity index (χ3v) is 2.60. The lowest BCUT2D eigenvalue weighted by atomic mass is 10.4. The van der Waals surface area contributed by atoms with Gasteiger partial charge in [0.25, 0.3) is 0 Å². The molecule has 0 aromatic carbocycles. The summed E-state index contributed by atoms with van der Waals surface area (Å²) in [5.41, 5.74) is 0.593. The van der Waals surface area contributed by atoms with Gasteiger partial charge in [-0.15, -0.1) is 12.4 Å². The van der Waals surface area contributed by atoms with Crippen molar-refractivity contribution < 1.29 is 4.92 Å². The maximum absolute atomic E-state index is 10.6. The number of aromatic nitrogens is 2. The van der Waals surface area contributed by atoms with Gasteiger partial charge >= 0.3 is 5.82 Å². The summed E-state index contributed by atoms with van der Waals surface area (Å²) in [5, 5.41) is 13.6.